The van der Waals surface area contributed by atoms with Crippen molar-refractivity contribution in [1.29, 1.82) is 0 Å². The number of rotatable bonds is 6. The van der Waals surface area contributed by atoms with Crippen molar-refractivity contribution in [2.75, 3.05) is 20.3 Å². The fourth-order valence-electron chi connectivity index (χ4n) is 5.32. The number of ether oxygens (including phenoxy) is 2. The van der Waals surface area contributed by atoms with Crippen molar-refractivity contribution in [2.24, 2.45) is 0 Å². The number of hydrogen-bond acceptors (Lipinski definition) is 4. The maximum atomic E-state index is 14.4. The lowest BCUT2D eigenvalue weighted by Crippen LogP contribution is -2.33. The standard InChI is InChI=1S/C26H27F2N3O4/c1-26(2,13-34-3)24-23(14-4-7-22(25(32)33)35-12-14)17-10-20-15(11-29-30-20)8-21(17)31(24)16-5-6-18(27)19(28)9-16/h5-6,8-11,14,22H,4,7,12-13H2,1-3H3,(H,29,30)(H,32,33)/t14-,22+/m0/s1. The van der Waals surface area contributed by atoms with E-state index in [-0.39, 0.29) is 12.5 Å². The first-order chi connectivity index (χ1) is 16.7. The summed E-state index contributed by atoms with van der Waals surface area (Å²) in [5, 5.41) is 18.4. The largest absolute Gasteiger partial charge is 0.479 e. The van der Waals surface area contributed by atoms with E-state index < -0.39 is 29.1 Å². The number of fused-ring (bicyclic) bond motifs is 2. The molecule has 9 heteroatoms. The van der Waals surface area contributed by atoms with E-state index in [1.807, 2.05) is 30.5 Å². The second-order valence-electron chi connectivity index (χ2n) is 9.77. The molecule has 4 aromatic rings. The number of carbonyl (C=O) groups is 1. The molecule has 0 unspecified atom stereocenters. The summed E-state index contributed by atoms with van der Waals surface area (Å²) in [5.41, 5.74) is 3.51. The Morgan fingerprint density at radius 1 is 1.26 bits per heavy atom. The molecule has 2 aromatic heterocycles. The van der Waals surface area contributed by atoms with E-state index in [1.54, 1.807) is 19.4 Å². The number of nitrogens with zero attached hydrogens (tertiary/aromatic N) is 2. The predicted octanol–water partition coefficient (Wildman–Crippen LogP) is 5.06. The molecule has 35 heavy (non-hydrogen) atoms. The van der Waals surface area contributed by atoms with Crippen LogP contribution in [0.15, 0.2) is 36.5 Å². The van der Waals surface area contributed by atoms with Crippen molar-refractivity contribution in [3.05, 3.63) is 59.4 Å². The van der Waals surface area contributed by atoms with Crippen molar-refractivity contribution >= 4 is 27.8 Å². The summed E-state index contributed by atoms with van der Waals surface area (Å²) >= 11 is 0. The molecule has 0 amide bonds. The molecule has 0 aliphatic carbocycles. The van der Waals surface area contributed by atoms with Crippen LogP contribution in [0.25, 0.3) is 27.5 Å². The van der Waals surface area contributed by atoms with Gasteiger partial charge in [-0.3, -0.25) is 5.10 Å². The Morgan fingerprint density at radius 2 is 2.06 bits per heavy atom. The van der Waals surface area contributed by atoms with E-state index in [0.717, 1.165) is 39.1 Å². The number of aromatic amines is 1. The second kappa shape index (κ2) is 8.73. The molecule has 7 nitrogen and oxygen atoms in total. The van der Waals surface area contributed by atoms with Crippen LogP contribution in [-0.2, 0) is 19.7 Å². The van der Waals surface area contributed by atoms with Crippen LogP contribution >= 0.6 is 0 Å². The van der Waals surface area contributed by atoms with Crippen molar-refractivity contribution in [3.8, 4) is 5.69 Å². The minimum atomic E-state index is -0.966. The number of aliphatic carboxylic acids is 1. The molecule has 1 aliphatic heterocycles. The molecule has 1 fully saturated rings. The number of benzene rings is 2. The van der Waals surface area contributed by atoms with E-state index in [4.69, 9.17) is 9.47 Å². The Bertz CT molecular complexity index is 1420. The lowest BCUT2D eigenvalue weighted by atomic mass is 9.80. The van der Waals surface area contributed by atoms with Crippen LogP contribution in [0, 0.1) is 11.6 Å². The maximum Gasteiger partial charge on any atom is 0.332 e. The summed E-state index contributed by atoms with van der Waals surface area (Å²) in [4.78, 5) is 11.5. The minimum Gasteiger partial charge on any atom is -0.479 e. The average molecular weight is 484 g/mol. The van der Waals surface area contributed by atoms with Gasteiger partial charge in [-0.25, -0.2) is 13.6 Å². The molecular weight excluding hydrogens is 456 g/mol. The number of nitrogens with one attached hydrogen (secondary N) is 1. The third-order valence-electron chi connectivity index (χ3n) is 6.83. The minimum absolute atomic E-state index is 0.0915. The highest BCUT2D eigenvalue weighted by atomic mass is 19.2. The highest BCUT2D eigenvalue weighted by Gasteiger charge is 2.37. The number of carboxylic acids is 1. The van der Waals surface area contributed by atoms with Gasteiger partial charge in [-0.05, 0) is 42.7 Å². The molecule has 0 saturated carbocycles. The summed E-state index contributed by atoms with van der Waals surface area (Å²) in [6, 6.07) is 7.88. The number of hydrogen-bond donors (Lipinski definition) is 2. The lowest BCUT2D eigenvalue weighted by Gasteiger charge is -2.32. The second-order valence-corrected chi connectivity index (χ2v) is 9.77. The van der Waals surface area contributed by atoms with Gasteiger partial charge in [0.15, 0.2) is 17.7 Å². The maximum absolute atomic E-state index is 14.4. The van der Waals surface area contributed by atoms with Crippen LogP contribution in [0.3, 0.4) is 0 Å². The summed E-state index contributed by atoms with van der Waals surface area (Å²) in [6.45, 7) is 4.71. The summed E-state index contributed by atoms with van der Waals surface area (Å²) in [7, 11) is 1.63. The van der Waals surface area contributed by atoms with Gasteiger partial charge in [0.05, 0.1) is 30.4 Å². The van der Waals surface area contributed by atoms with Crippen LogP contribution in [0.2, 0.25) is 0 Å². The summed E-state index contributed by atoms with van der Waals surface area (Å²) < 4.78 is 41.6. The third kappa shape index (κ3) is 3.98. The van der Waals surface area contributed by atoms with Crippen molar-refractivity contribution in [3.63, 3.8) is 0 Å². The number of halogens is 2. The SMILES string of the molecule is COCC(C)(C)c1c([C@H]2CC[C@H](C(=O)O)OC2)c2cc3[nH]ncc3cc2n1-c1ccc(F)c(F)c1. The van der Waals surface area contributed by atoms with E-state index in [9.17, 15) is 18.7 Å². The Hall–Kier alpha value is -3.30. The van der Waals surface area contributed by atoms with Crippen LogP contribution in [0.5, 0.6) is 0 Å². The molecule has 3 heterocycles. The van der Waals surface area contributed by atoms with Crippen LogP contribution in [0.1, 0.15) is 43.9 Å². The zero-order chi connectivity index (χ0) is 24.9. The van der Waals surface area contributed by atoms with E-state index >= 15 is 0 Å². The average Bonchev–Trinajstić information content (AvgIpc) is 3.41. The van der Waals surface area contributed by atoms with Gasteiger partial charge in [0.2, 0.25) is 0 Å². The first-order valence-electron chi connectivity index (χ1n) is 11.5. The van der Waals surface area contributed by atoms with Gasteiger partial charge < -0.3 is 19.1 Å². The fourth-order valence-corrected chi connectivity index (χ4v) is 5.32. The Kier molecular flexibility index (Phi) is 5.85. The first-order valence-corrected chi connectivity index (χ1v) is 11.5. The predicted molar refractivity (Wildman–Crippen MR) is 127 cm³/mol. The highest BCUT2D eigenvalue weighted by molar-refractivity contribution is 5.99. The van der Waals surface area contributed by atoms with E-state index in [0.29, 0.717) is 25.1 Å². The quantitative estimate of drug-likeness (QED) is 0.400. The monoisotopic (exact) mass is 483 g/mol. The van der Waals surface area contributed by atoms with Gasteiger partial charge in [0.25, 0.3) is 0 Å². The van der Waals surface area contributed by atoms with Gasteiger partial charge in [-0.15, -0.1) is 0 Å². The molecule has 184 valence electrons. The van der Waals surface area contributed by atoms with Gasteiger partial charge >= 0.3 is 5.97 Å². The molecule has 2 atom stereocenters. The zero-order valence-electron chi connectivity index (χ0n) is 19.8. The molecule has 2 aromatic carbocycles. The zero-order valence-corrected chi connectivity index (χ0v) is 19.8. The van der Waals surface area contributed by atoms with Gasteiger partial charge in [-0.2, -0.15) is 5.10 Å². The van der Waals surface area contributed by atoms with Crippen molar-refractivity contribution < 1.29 is 28.2 Å². The summed E-state index contributed by atoms with van der Waals surface area (Å²) in [5.74, 6) is -2.91. The molecule has 2 N–H and O–H groups in total. The summed E-state index contributed by atoms with van der Waals surface area (Å²) in [6.07, 6.45) is 1.89. The molecule has 1 aliphatic rings. The van der Waals surface area contributed by atoms with Crippen molar-refractivity contribution in [2.45, 2.75) is 44.1 Å². The molecule has 1 saturated heterocycles. The van der Waals surface area contributed by atoms with Crippen LogP contribution < -0.4 is 0 Å². The van der Waals surface area contributed by atoms with E-state index in [1.165, 1.54) is 6.07 Å². The van der Waals surface area contributed by atoms with Crippen LogP contribution in [0.4, 0.5) is 8.78 Å². The first kappa shape index (κ1) is 23.4. The smallest absolute Gasteiger partial charge is 0.332 e. The molecular formula is C26H27F2N3O4. The fraction of sp³-hybridized carbons (Fsp3) is 0.385. The molecule has 0 radical (unpaired) electrons. The normalized spacial score (nSPS) is 19.0. The molecule has 0 spiro atoms. The lowest BCUT2D eigenvalue weighted by molar-refractivity contribution is -0.153. The Labute approximate surface area is 200 Å². The number of H-pyrrole nitrogens is 1. The Balaban J connectivity index is 1.83. The number of aromatic nitrogens is 3. The topological polar surface area (TPSA) is 89.4 Å². The number of carboxylic acid groups (broad SMARTS) is 1. The molecule has 5 rings (SSSR count). The van der Waals surface area contributed by atoms with Gasteiger partial charge in [-0.1, -0.05) is 13.8 Å². The van der Waals surface area contributed by atoms with Crippen molar-refractivity contribution in [1.82, 2.24) is 14.8 Å². The third-order valence-corrected chi connectivity index (χ3v) is 6.83. The molecule has 0 bridgehead atoms. The van der Waals surface area contributed by atoms with Gasteiger partial charge in [0, 0.05) is 46.7 Å². The van der Waals surface area contributed by atoms with Crippen LogP contribution in [-0.4, -0.2) is 52.3 Å². The number of methoxy groups -OCH3 is 1. The Morgan fingerprint density at radius 3 is 2.71 bits per heavy atom. The van der Waals surface area contributed by atoms with Gasteiger partial charge in [0.1, 0.15) is 0 Å². The van der Waals surface area contributed by atoms with E-state index in [2.05, 4.69) is 10.2 Å². The highest BCUT2D eigenvalue weighted by Crippen LogP contribution is 2.44.